The summed E-state index contributed by atoms with van der Waals surface area (Å²) in [5.41, 5.74) is -0.158. The van der Waals surface area contributed by atoms with Crippen LogP contribution in [0.1, 0.15) is 32.2 Å². The minimum absolute atomic E-state index is 0.158. The van der Waals surface area contributed by atoms with Crippen molar-refractivity contribution in [1.29, 1.82) is 0 Å². The number of nitrogens with one attached hydrogen (secondary N) is 2. The molecule has 9 heteroatoms. The number of hydrogen-bond acceptors (Lipinski definition) is 6. The first-order chi connectivity index (χ1) is 10.2. The molecular weight excluding hydrogens is 356 g/mol. The second-order valence-electron chi connectivity index (χ2n) is 4.79. The van der Waals surface area contributed by atoms with Crippen molar-refractivity contribution in [2.24, 2.45) is 0 Å². The molecule has 2 aromatic heterocycles. The van der Waals surface area contributed by atoms with E-state index in [1.165, 1.54) is 11.8 Å². The summed E-state index contributed by atoms with van der Waals surface area (Å²) in [5.74, 6) is 0.582. The van der Waals surface area contributed by atoms with Crippen LogP contribution in [-0.2, 0) is 0 Å². The Hall–Kier alpha value is -1.35. The molecule has 0 atom stereocenters. The number of hydrogen-bond donors (Lipinski definition) is 2. The molecule has 0 aliphatic heterocycles. The molecule has 112 valence electrons. The Morgan fingerprint density at radius 2 is 2.38 bits per heavy atom. The van der Waals surface area contributed by atoms with E-state index in [0.717, 1.165) is 35.3 Å². The van der Waals surface area contributed by atoms with E-state index in [-0.39, 0.29) is 11.7 Å². The topological polar surface area (TPSA) is 88.5 Å². The highest BCUT2D eigenvalue weighted by atomic mass is 79.9. The van der Waals surface area contributed by atoms with Gasteiger partial charge in [-0.2, -0.15) is 0 Å². The maximum absolute atomic E-state index is 11.8. The van der Waals surface area contributed by atoms with Gasteiger partial charge in [-0.05, 0) is 47.0 Å². The molecule has 2 heterocycles. The average Bonchev–Trinajstić information content (AvgIpc) is 3.24. The molecule has 0 unspecified atom stereocenters. The molecule has 2 N–H and O–H groups in total. The number of H-pyrrole nitrogens is 1. The molecule has 3 rings (SSSR count). The molecule has 2 aromatic rings. The van der Waals surface area contributed by atoms with Crippen LogP contribution >= 0.6 is 27.7 Å². The van der Waals surface area contributed by atoms with Crippen molar-refractivity contribution in [3.63, 3.8) is 0 Å². The normalized spacial score (nSPS) is 14.4. The maximum Gasteiger partial charge on any atom is 0.344 e. The number of rotatable bonds is 6. The zero-order valence-electron chi connectivity index (χ0n) is 11.5. The quantitative estimate of drug-likeness (QED) is 0.759. The Bertz CT molecular complexity index is 695. The molecule has 0 amide bonds. The van der Waals surface area contributed by atoms with E-state index in [2.05, 4.69) is 48.3 Å². The molecule has 0 radical (unpaired) electrons. The van der Waals surface area contributed by atoms with Crippen LogP contribution in [0.5, 0.6) is 0 Å². The number of anilines is 1. The lowest BCUT2D eigenvalue weighted by molar-refractivity contribution is 0.642. The van der Waals surface area contributed by atoms with Crippen LogP contribution in [-0.4, -0.2) is 31.3 Å². The molecule has 21 heavy (non-hydrogen) atoms. The van der Waals surface area contributed by atoms with Crippen molar-refractivity contribution in [3.05, 3.63) is 21.2 Å². The van der Waals surface area contributed by atoms with Gasteiger partial charge < -0.3 is 5.32 Å². The van der Waals surface area contributed by atoms with E-state index in [1.807, 2.05) is 0 Å². The van der Waals surface area contributed by atoms with Crippen LogP contribution in [0, 0.1) is 0 Å². The molecule has 0 saturated heterocycles. The zero-order valence-corrected chi connectivity index (χ0v) is 13.9. The predicted molar refractivity (Wildman–Crippen MR) is 83.8 cm³/mol. The summed E-state index contributed by atoms with van der Waals surface area (Å²) >= 11 is 4.80. The average molecular weight is 371 g/mol. The predicted octanol–water partition coefficient (Wildman–Crippen LogP) is 2.43. The van der Waals surface area contributed by atoms with Crippen LogP contribution in [0.25, 0.3) is 0 Å². The van der Waals surface area contributed by atoms with E-state index >= 15 is 0 Å². The first-order valence-electron chi connectivity index (χ1n) is 6.80. The van der Waals surface area contributed by atoms with Crippen molar-refractivity contribution >= 4 is 33.6 Å². The van der Waals surface area contributed by atoms with Gasteiger partial charge in [0.05, 0.1) is 4.47 Å². The Labute approximate surface area is 134 Å². The monoisotopic (exact) mass is 370 g/mol. The fourth-order valence-electron chi connectivity index (χ4n) is 1.85. The van der Waals surface area contributed by atoms with E-state index in [4.69, 9.17) is 0 Å². The summed E-state index contributed by atoms with van der Waals surface area (Å²) in [7, 11) is 0. The summed E-state index contributed by atoms with van der Waals surface area (Å²) in [5, 5.41) is 11.1. The van der Waals surface area contributed by atoms with Crippen LogP contribution in [0.3, 0.4) is 0 Å². The third-order valence-corrected chi connectivity index (χ3v) is 4.83. The molecule has 1 saturated carbocycles. The zero-order chi connectivity index (χ0) is 14.8. The Balaban J connectivity index is 1.85. The first-order valence-corrected chi connectivity index (χ1v) is 8.41. The maximum atomic E-state index is 11.8. The molecule has 0 spiro atoms. The fourth-order valence-corrected chi connectivity index (χ4v) is 3.16. The molecule has 7 nitrogen and oxygen atoms in total. The van der Waals surface area contributed by atoms with Gasteiger partial charge in [0.25, 0.3) is 0 Å². The highest BCUT2D eigenvalue weighted by Crippen LogP contribution is 2.38. The van der Waals surface area contributed by atoms with Gasteiger partial charge in [0.1, 0.15) is 5.03 Å². The summed E-state index contributed by atoms with van der Waals surface area (Å²) in [6.07, 6.45) is 4.77. The van der Waals surface area contributed by atoms with Gasteiger partial charge in [-0.15, -0.1) is 5.10 Å². The molecule has 0 bridgehead atoms. The first kappa shape index (κ1) is 14.6. The van der Waals surface area contributed by atoms with E-state index in [9.17, 15) is 4.79 Å². The number of halogens is 1. The summed E-state index contributed by atoms with van der Waals surface area (Å²) in [4.78, 5) is 20.5. The van der Waals surface area contributed by atoms with Gasteiger partial charge in [-0.3, -0.25) is 4.57 Å². The fraction of sp³-hybridized carbons (Fsp3) is 0.500. The Kier molecular flexibility index (Phi) is 4.29. The smallest absolute Gasteiger partial charge is 0.344 e. The third-order valence-electron chi connectivity index (χ3n) is 3.02. The lowest BCUT2D eigenvalue weighted by Crippen LogP contribution is -2.16. The summed E-state index contributed by atoms with van der Waals surface area (Å²) in [6.45, 7) is 2.90. The minimum atomic E-state index is -0.158. The van der Waals surface area contributed by atoms with Gasteiger partial charge in [-0.1, -0.05) is 6.92 Å². The second-order valence-corrected chi connectivity index (χ2v) is 6.60. The second kappa shape index (κ2) is 6.18. The van der Waals surface area contributed by atoms with Crippen LogP contribution in [0.15, 0.2) is 25.6 Å². The van der Waals surface area contributed by atoms with Gasteiger partial charge in [-0.25, -0.2) is 19.9 Å². The molecule has 1 aliphatic carbocycles. The van der Waals surface area contributed by atoms with Crippen molar-refractivity contribution in [2.45, 2.75) is 42.4 Å². The largest absolute Gasteiger partial charge is 0.354 e. The lowest BCUT2D eigenvalue weighted by atomic mass is 10.5. The van der Waals surface area contributed by atoms with E-state index in [1.54, 1.807) is 10.8 Å². The lowest BCUT2D eigenvalue weighted by Gasteiger charge is -2.07. The molecule has 1 aliphatic rings. The highest BCUT2D eigenvalue weighted by molar-refractivity contribution is 9.10. The number of aromatic nitrogens is 5. The molecule has 0 aromatic carbocycles. The van der Waals surface area contributed by atoms with Crippen molar-refractivity contribution in [2.75, 3.05) is 11.9 Å². The Morgan fingerprint density at radius 1 is 1.57 bits per heavy atom. The van der Waals surface area contributed by atoms with Gasteiger partial charge >= 0.3 is 5.69 Å². The van der Waals surface area contributed by atoms with Crippen molar-refractivity contribution in [3.8, 4) is 0 Å². The van der Waals surface area contributed by atoms with Gasteiger partial charge in [0, 0.05) is 18.8 Å². The third kappa shape index (κ3) is 3.29. The minimum Gasteiger partial charge on any atom is -0.354 e. The molecular formula is C12H15BrN6OS. The highest BCUT2D eigenvalue weighted by Gasteiger charge is 2.29. The van der Waals surface area contributed by atoms with Gasteiger partial charge in [0.15, 0.2) is 5.16 Å². The van der Waals surface area contributed by atoms with Gasteiger partial charge in [0.2, 0.25) is 5.95 Å². The summed E-state index contributed by atoms with van der Waals surface area (Å²) < 4.78 is 2.49. The standard InChI is InChI=1S/C12H15BrN6OS/c1-2-5-14-10-15-6-8(13)9(16-10)21-12-18-17-11(20)19(12)7-3-4-7/h6-7H,2-5H2,1H3,(H,17,20)(H,14,15,16). The van der Waals surface area contributed by atoms with Crippen molar-refractivity contribution < 1.29 is 0 Å². The van der Waals surface area contributed by atoms with E-state index < -0.39 is 0 Å². The van der Waals surface area contributed by atoms with Crippen molar-refractivity contribution in [1.82, 2.24) is 24.7 Å². The van der Waals surface area contributed by atoms with Crippen LogP contribution in [0.2, 0.25) is 0 Å². The SMILES string of the molecule is CCCNc1ncc(Br)c(Sc2n[nH]c(=O)n2C2CC2)n1. The molecule has 1 fully saturated rings. The Morgan fingerprint density at radius 3 is 3.10 bits per heavy atom. The number of aromatic amines is 1. The van der Waals surface area contributed by atoms with E-state index in [0.29, 0.717) is 11.1 Å². The van der Waals surface area contributed by atoms with Crippen LogP contribution < -0.4 is 11.0 Å². The summed E-state index contributed by atoms with van der Waals surface area (Å²) in [6, 6.07) is 0.275. The number of nitrogens with zero attached hydrogens (tertiary/aromatic N) is 4. The van der Waals surface area contributed by atoms with Crippen LogP contribution in [0.4, 0.5) is 5.95 Å².